The summed E-state index contributed by atoms with van der Waals surface area (Å²) in [5.41, 5.74) is 1.70. The molecular formula is C22H20F3N3O2. The molecule has 0 aliphatic carbocycles. The summed E-state index contributed by atoms with van der Waals surface area (Å²) in [5, 5.41) is 3.11. The van der Waals surface area contributed by atoms with Gasteiger partial charge in [-0.1, -0.05) is 6.07 Å². The van der Waals surface area contributed by atoms with Gasteiger partial charge in [-0.2, -0.15) is 13.2 Å². The number of nitrogens with one attached hydrogen (secondary N) is 1. The van der Waals surface area contributed by atoms with E-state index in [2.05, 4.69) is 10.3 Å². The minimum Gasteiger partial charge on any atom is -0.461 e. The van der Waals surface area contributed by atoms with Crippen molar-refractivity contribution in [1.82, 2.24) is 4.98 Å². The predicted molar refractivity (Wildman–Crippen MR) is 109 cm³/mol. The van der Waals surface area contributed by atoms with Gasteiger partial charge in [-0.05, 0) is 67.6 Å². The summed E-state index contributed by atoms with van der Waals surface area (Å²) in [6, 6.07) is 17.3. The Balaban J connectivity index is 1.70. The predicted octanol–water partition coefficient (Wildman–Crippen LogP) is 5.79. The van der Waals surface area contributed by atoms with E-state index in [9.17, 15) is 18.0 Å². The summed E-state index contributed by atoms with van der Waals surface area (Å²) in [6.07, 6.45) is -4.36. The summed E-state index contributed by atoms with van der Waals surface area (Å²) in [5.74, 6) is -0.000869. The third-order valence-electron chi connectivity index (χ3n) is 4.34. The van der Waals surface area contributed by atoms with E-state index in [1.54, 1.807) is 37.1 Å². The van der Waals surface area contributed by atoms with Crippen molar-refractivity contribution >= 4 is 28.8 Å². The van der Waals surface area contributed by atoms with E-state index in [-0.39, 0.29) is 12.3 Å². The van der Waals surface area contributed by atoms with Gasteiger partial charge in [0.25, 0.3) is 0 Å². The number of carbonyl (C=O) groups is 1. The van der Waals surface area contributed by atoms with E-state index < -0.39 is 17.7 Å². The van der Waals surface area contributed by atoms with Gasteiger partial charge in [0.15, 0.2) is 5.69 Å². The first-order valence-electron chi connectivity index (χ1n) is 9.20. The Labute approximate surface area is 172 Å². The molecule has 0 unspecified atom stereocenters. The number of anilines is 4. The number of carbonyl (C=O) groups excluding carboxylic acids is 1. The SMILES string of the molecule is CCOC(=O)c1cccc(Nc2ccc(N(C)c3ccc(C(F)(F)F)cc3)cc2)n1. The van der Waals surface area contributed by atoms with Gasteiger partial charge in [0.2, 0.25) is 0 Å². The van der Waals surface area contributed by atoms with E-state index in [1.165, 1.54) is 12.1 Å². The Hall–Kier alpha value is -3.55. The second-order valence-corrected chi connectivity index (χ2v) is 6.40. The summed E-state index contributed by atoms with van der Waals surface area (Å²) >= 11 is 0. The number of hydrogen-bond acceptors (Lipinski definition) is 5. The molecule has 0 amide bonds. The number of rotatable bonds is 6. The van der Waals surface area contributed by atoms with Crippen molar-refractivity contribution in [2.45, 2.75) is 13.1 Å². The average molecular weight is 415 g/mol. The monoisotopic (exact) mass is 415 g/mol. The molecule has 0 atom stereocenters. The van der Waals surface area contributed by atoms with Crippen molar-refractivity contribution in [2.24, 2.45) is 0 Å². The largest absolute Gasteiger partial charge is 0.461 e. The molecule has 0 fully saturated rings. The van der Waals surface area contributed by atoms with Crippen molar-refractivity contribution in [1.29, 1.82) is 0 Å². The average Bonchev–Trinajstić information content (AvgIpc) is 2.74. The maximum absolute atomic E-state index is 12.7. The van der Waals surface area contributed by atoms with Crippen LogP contribution in [0.5, 0.6) is 0 Å². The van der Waals surface area contributed by atoms with Crippen LogP contribution in [0.2, 0.25) is 0 Å². The molecule has 0 spiro atoms. The smallest absolute Gasteiger partial charge is 0.416 e. The molecule has 2 aromatic carbocycles. The van der Waals surface area contributed by atoms with Gasteiger partial charge in [-0.15, -0.1) is 0 Å². The van der Waals surface area contributed by atoms with Gasteiger partial charge in [0.05, 0.1) is 12.2 Å². The Bertz CT molecular complexity index is 1000. The topological polar surface area (TPSA) is 54.5 Å². The molecule has 0 radical (unpaired) electrons. The van der Waals surface area contributed by atoms with Crippen LogP contribution in [0.15, 0.2) is 66.7 Å². The molecule has 0 aliphatic rings. The summed E-state index contributed by atoms with van der Waals surface area (Å²) in [7, 11) is 1.77. The Kier molecular flexibility index (Phi) is 6.25. The van der Waals surface area contributed by atoms with Crippen LogP contribution in [0.1, 0.15) is 23.0 Å². The number of hydrogen-bond donors (Lipinski definition) is 1. The van der Waals surface area contributed by atoms with Crippen LogP contribution >= 0.6 is 0 Å². The maximum atomic E-state index is 12.7. The van der Waals surface area contributed by atoms with Crippen LogP contribution in [0.25, 0.3) is 0 Å². The quantitative estimate of drug-likeness (QED) is 0.517. The number of pyridine rings is 1. The fourth-order valence-electron chi connectivity index (χ4n) is 2.76. The van der Waals surface area contributed by atoms with Crippen LogP contribution in [0.4, 0.5) is 36.1 Å². The molecule has 156 valence electrons. The zero-order chi connectivity index (χ0) is 21.7. The lowest BCUT2D eigenvalue weighted by Gasteiger charge is -2.20. The first-order chi connectivity index (χ1) is 14.3. The third kappa shape index (κ3) is 5.08. The molecule has 30 heavy (non-hydrogen) atoms. The number of esters is 1. The van der Waals surface area contributed by atoms with Gasteiger partial charge >= 0.3 is 12.1 Å². The number of alkyl halides is 3. The van der Waals surface area contributed by atoms with E-state index >= 15 is 0 Å². The highest BCUT2D eigenvalue weighted by atomic mass is 19.4. The van der Waals surface area contributed by atoms with Crippen LogP contribution < -0.4 is 10.2 Å². The summed E-state index contributed by atoms with van der Waals surface area (Å²) in [6.45, 7) is 2.00. The first kappa shape index (κ1) is 21.2. The zero-order valence-electron chi connectivity index (χ0n) is 16.4. The number of aromatic nitrogens is 1. The highest BCUT2D eigenvalue weighted by Gasteiger charge is 2.30. The molecular weight excluding hydrogens is 395 g/mol. The standard InChI is InChI=1S/C22H20F3N3O2/c1-3-30-21(29)19-5-4-6-20(27-19)26-16-9-13-18(14-10-16)28(2)17-11-7-15(8-12-17)22(23,24)25/h4-14H,3H2,1-2H3,(H,26,27). The van der Waals surface area contributed by atoms with Crippen molar-refractivity contribution < 1.29 is 22.7 Å². The molecule has 1 aromatic heterocycles. The maximum Gasteiger partial charge on any atom is 0.416 e. The summed E-state index contributed by atoms with van der Waals surface area (Å²) in [4.78, 5) is 17.8. The second kappa shape index (κ2) is 8.86. The molecule has 8 heteroatoms. The third-order valence-corrected chi connectivity index (χ3v) is 4.34. The lowest BCUT2D eigenvalue weighted by Crippen LogP contribution is -2.10. The Morgan fingerprint density at radius 2 is 1.60 bits per heavy atom. The van der Waals surface area contributed by atoms with Gasteiger partial charge in [-0.3, -0.25) is 0 Å². The molecule has 3 rings (SSSR count). The van der Waals surface area contributed by atoms with Crippen LogP contribution in [0, 0.1) is 0 Å². The number of nitrogens with zero attached hydrogens (tertiary/aromatic N) is 2. The number of halogens is 3. The zero-order valence-corrected chi connectivity index (χ0v) is 16.4. The molecule has 0 saturated carbocycles. The van der Waals surface area contributed by atoms with Crippen molar-refractivity contribution in [3.63, 3.8) is 0 Å². The van der Waals surface area contributed by atoms with Gasteiger partial charge in [0, 0.05) is 24.1 Å². The molecule has 5 nitrogen and oxygen atoms in total. The second-order valence-electron chi connectivity index (χ2n) is 6.40. The fourth-order valence-corrected chi connectivity index (χ4v) is 2.76. The minimum absolute atomic E-state index is 0.209. The number of ether oxygens (including phenoxy) is 1. The van der Waals surface area contributed by atoms with E-state index in [1.807, 2.05) is 24.3 Å². The van der Waals surface area contributed by atoms with Crippen LogP contribution in [0.3, 0.4) is 0 Å². The highest BCUT2D eigenvalue weighted by Crippen LogP contribution is 2.32. The van der Waals surface area contributed by atoms with E-state index in [0.717, 1.165) is 23.5 Å². The molecule has 1 N–H and O–H groups in total. The Morgan fingerprint density at radius 3 is 2.17 bits per heavy atom. The fraction of sp³-hybridized carbons (Fsp3) is 0.182. The normalized spacial score (nSPS) is 11.1. The van der Waals surface area contributed by atoms with Crippen LogP contribution in [-0.4, -0.2) is 24.6 Å². The molecule has 3 aromatic rings. The first-order valence-corrected chi connectivity index (χ1v) is 9.20. The minimum atomic E-state index is -4.36. The van der Waals surface area contributed by atoms with Crippen LogP contribution in [-0.2, 0) is 10.9 Å². The van der Waals surface area contributed by atoms with E-state index in [4.69, 9.17) is 4.74 Å². The highest BCUT2D eigenvalue weighted by molar-refractivity contribution is 5.87. The van der Waals surface area contributed by atoms with Crippen molar-refractivity contribution in [3.05, 3.63) is 78.0 Å². The van der Waals surface area contributed by atoms with Crippen molar-refractivity contribution in [3.8, 4) is 0 Å². The molecule has 0 saturated heterocycles. The Morgan fingerprint density at radius 1 is 1.00 bits per heavy atom. The molecule has 0 aliphatic heterocycles. The van der Waals surface area contributed by atoms with Crippen molar-refractivity contribution in [2.75, 3.05) is 23.9 Å². The van der Waals surface area contributed by atoms with Gasteiger partial charge < -0.3 is 15.0 Å². The number of benzene rings is 2. The van der Waals surface area contributed by atoms with Gasteiger partial charge in [-0.25, -0.2) is 9.78 Å². The molecule has 1 heterocycles. The lowest BCUT2D eigenvalue weighted by molar-refractivity contribution is -0.137. The summed E-state index contributed by atoms with van der Waals surface area (Å²) < 4.78 is 43.1. The van der Waals surface area contributed by atoms with Gasteiger partial charge in [0.1, 0.15) is 5.82 Å². The van der Waals surface area contributed by atoms with E-state index in [0.29, 0.717) is 11.5 Å². The molecule has 0 bridgehead atoms. The lowest BCUT2D eigenvalue weighted by atomic mass is 10.1.